The molecular formula is C23H25N3O3S. The summed E-state index contributed by atoms with van der Waals surface area (Å²) in [7, 11) is -3.73. The number of nitrogens with zero attached hydrogens (tertiary/aromatic N) is 2. The Kier molecular flexibility index (Phi) is 4.73. The average Bonchev–Trinajstić information content (AvgIpc) is 3.18. The summed E-state index contributed by atoms with van der Waals surface area (Å²) in [5, 5.41) is 3.70. The molecule has 4 aromatic rings. The Bertz CT molecular complexity index is 1410. The number of para-hydroxylation sites is 1. The van der Waals surface area contributed by atoms with Crippen molar-refractivity contribution >= 4 is 43.6 Å². The minimum Gasteiger partial charge on any atom is -0.337 e. The highest BCUT2D eigenvalue weighted by molar-refractivity contribution is 7.89. The summed E-state index contributed by atoms with van der Waals surface area (Å²) in [5.74, 6) is -0.454. The molecule has 0 aliphatic heterocycles. The zero-order valence-corrected chi connectivity index (χ0v) is 18.5. The monoisotopic (exact) mass is 423 g/mol. The molecule has 0 radical (unpaired) electrons. The molecule has 2 aromatic heterocycles. The van der Waals surface area contributed by atoms with E-state index in [-0.39, 0.29) is 11.7 Å². The highest BCUT2D eigenvalue weighted by atomic mass is 32.2. The van der Waals surface area contributed by atoms with Gasteiger partial charge >= 0.3 is 0 Å². The molecule has 30 heavy (non-hydrogen) atoms. The van der Waals surface area contributed by atoms with Crippen molar-refractivity contribution in [1.29, 1.82) is 0 Å². The van der Waals surface area contributed by atoms with Gasteiger partial charge < -0.3 is 9.88 Å². The summed E-state index contributed by atoms with van der Waals surface area (Å²) in [6.07, 6.45) is 1.13. The lowest BCUT2D eigenvalue weighted by atomic mass is 10.1. The molecule has 7 heteroatoms. The van der Waals surface area contributed by atoms with Crippen molar-refractivity contribution in [2.75, 3.05) is 11.6 Å². The molecule has 6 nitrogen and oxygen atoms in total. The first kappa shape index (κ1) is 20.2. The molecule has 0 bridgehead atoms. The van der Waals surface area contributed by atoms with E-state index in [4.69, 9.17) is 0 Å². The minimum absolute atomic E-state index is 0.0951. The topological polar surface area (TPSA) is 73.1 Å². The lowest BCUT2D eigenvalue weighted by Gasteiger charge is -2.12. The first-order chi connectivity index (χ1) is 14.1. The smallest absolute Gasteiger partial charge is 0.273 e. The molecule has 156 valence electrons. The summed E-state index contributed by atoms with van der Waals surface area (Å²) in [5.41, 5.74) is 4.89. The first-order valence-electron chi connectivity index (χ1n) is 9.83. The lowest BCUT2D eigenvalue weighted by Crippen LogP contribution is -2.21. The van der Waals surface area contributed by atoms with Crippen molar-refractivity contribution in [1.82, 2.24) is 8.54 Å². The van der Waals surface area contributed by atoms with Crippen molar-refractivity contribution in [2.45, 2.75) is 33.7 Å². The van der Waals surface area contributed by atoms with E-state index < -0.39 is 15.9 Å². The van der Waals surface area contributed by atoms with Crippen LogP contribution >= 0.6 is 0 Å². The van der Waals surface area contributed by atoms with Crippen LogP contribution in [-0.4, -0.2) is 29.1 Å². The third kappa shape index (κ3) is 3.19. The predicted molar refractivity (Wildman–Crippen MR) is 122 cm³/mol. The molecule has 1 amide bonds. The second kappa shape index (κ2) is 7.02. The van der Waals surface area contributed by atoms with E-state index in [1.807, 2.05) is 70.2 Å². The van der Waals surface area contributed by atoms with Gasteiger partial charge in [0.05, 0.1) is 22.8 Å². The Labute approximate surface area is 176 Å². The largest absolute Gasteiger partial charge is 0.337 e. The predicted octanol–water partition coefficient (Wildman–Crippen LogP) is 4.85. The maximum atomic E-state index is 13.2. The fourth-order valence-corrected chi connectivity index (χ4v) is 5.06. The van der Waals surface area contributed by atoms with E-state index in [1.54, 1.807) is 6.07 Å². The number of aryl methyl sites for hydroxylation is 2. The Morgan fingerprint density at radius 2 is 1.70 bits per heavy atom. The van der Waals surface area contributed by atoms with Crippen LogP contribution < -0.4 is 5.32 Å². The van der Waals surface area contributed by atoms with Gasteiger partial charge in [0.2, 0.25) is 10.0 Å². The number of carbonyl (C=O) groups excluding carboxylic acids is 1. The van der Waals surface area contributed by atoms with Crippen LogP contribution in [-0.2, 0) is 10.0 Å². The normalized spacial score (nSPS) is 12.2. The first-order valence-corrected chi connectivity index (χ1v) is 11.7. The fourth-order valence-electron chi connectivity index (χ4n) is 4.04. The molecule has 0 aliphatic carbocycles. The van der Waals surface area contributed by atoms with Gasteiger partial charge in [-0.1, -0.05) is 30.3 Å². The summed E-state index contributed by atoms with van der Waals surface area (Å²) in [6.45, 7) is 7.93. The molecule has 2 heterocycles. The number of fused-ring (bicyclic) bond motifs is 3. The molecule has 0 fully saturated rings. The number of hydrogen-bond acceptors (Lipinski definition) is 3. The van der Waals surface area contributed by atoms with Crippen LogP contribution in [0.15, 0.2) is 48.5 Å². The second-order valence-electron chi connectivity index (χ2n) is 8.04. The molecule has 2 aromatic carbocycles. The van der Waals surface area contributed by atoms with Crippen molar-refractivity contribution in [3.8, 4) is 0 Å². The number of carbonyl (C=O) groups is 1. The van der Waals surface area contributed by atoms with E-state index in [9.17, 15) is 13.2 Å². The summed E-state index contributed by atoms with van der Waals surface area (Å²) < 4.78 is 28.8. The fraction of sp³-hybridized carbons (Fsp3) is 0.261. The van der Waals surface area contributed by atoms with Gasteiger partial charge in [-0.25, -0.2) is 12.4 Å². The quantitative estimate of drug-likeness (QED) is 0.510. The maximum absolute atomic E-state index is 13.2. The van der Waals surface area contributed by atoms with Crippen molar-refractivity contribution < 1.29 is 13.2 Å². The Balaban J connectivity index is 2.00. The zero-order chi connectivity index (χ0) is 21.8. The van der Waals surface area contributed by atoms with Crippen LogP contribution in [0.25, 0.3) is 21.9 Å². The van der Waals surface area contributed by atoms with Gasteiger partial charge in [0.15, 0.2) is 0 Å². The molecule has 4 rings (SSSR count). The van der Waals surface area contributed by atoms with E-state index in [2.05, 4.69) is 9.88 Å². The van der Waals surface area contributed by atoms with Crippen LogP contribution in [0.2, 0.25) is 0 Å². The Morgan fingerprint density at radius 3 is 2.37 bits per heavy atom. The SMILES string of the molecule is Cc1ccc(C)c(NC(=O)c2cc3c(c4ccccc4n3C(C)C)n2S(C)(=O)=O)c1. The number of anilines is 1. The number of amides is 1. The summed E-state index contributed by atoms with van der Waals surface area (Å²) in [4.78, 5) is 13.2. The number of rotatable bonds is 4. The second-order valence-corrected chi connectivity index (χ2v) is 9.88. The van der Waals surface area contributed by atoms with Gasteiger partial charge in [-0.15, -0.1) is 0 Å². The van der Waals surface area contributed by atoms with Crippen LogP contribution in [0.1, 0.15) is 41.5 Å². The van der Waals surface area contributed by atoms with Crippen LogP contribution in [0.3, 0.4) is 0 Å². The maximum Gasteiger partial charge on any atom is 0.273 e. The van der Waals surface area contributed by atoms with E-state index in [0.717, 1.165) is 33.8 Å². The average molecular weight is 424 g/mol. The number of hydrogen-bond donors (Lipinski definition) is 1. The van der Waals surface area contributed by atoms with Gasteiger partial charge in [0.1, 0.15) is 5.69 Å². The molecule has 0 saturated carbocycles. The summed E-state index contributed by atoms with van der Waals surface area (Å²) in [6, 6.07) is 15.2. The zero-order valence-electron chi connectivity index (χ0n) is 17.7. The van der Waals surface area contributed by atoms with Gasteiger partial charge in [-0.05, 0) is 57.0 Å². The van der Waals surface area contributed by atoms with E-state index in [1.165, 1.54) is 3.97 Å². The molecule has 0 unspecified atom stereocenters. The van der Waals surface area contributed by atoms with Gasteiger partial charge in [-0.2, -0.15) is 0 Å². The number of aromatic nitrogens is 2. The molecule has 1 N–H and O–H groups in total. The highest BCUT2D eigenvalue weighted by Crippen LogP contribution is 2.35. The summed E-state index contributed by atoms with van der Waals surface area (Å²) >= 11 is 0. The Morgan fingerprint density at radius 1 is 1.00 bits per heavy atom. The van der Waals surface area contributed by atoms with Crippen molar-refractivity contribution in [3.63, 3.8) is 0 Å². The molecule has 0 saturated heterocycles. The minimum atomic E-state index is -3.73. The van der Waals surface area contributed by atoms with Crippen LogP contribution in [0.4, 0.5) is 5.69 Å². The third-order valence-electron chi connectivity index (χ3n) is 5.34. The van der Waals surface area contributed by atoms with Crippen LogP contribution in [0.5, 0.6) is 0 Å². The highest BCUT2D eigenvalue weighted by Gasteiger charge is 2.27. The molecular weight excluding hydrogens is 398 g/mol. The van der Waals surface area contributed by atoms with E-state index >= 15 is 0 Å². The van der Waals surface area contributed by atoms with Gasteiger partial charge in [0, 0.05) is 17.1 Å². The number of benzene rings is 2. The lowest BCUT2D eigenvalue weighted by molar-refractivity contribution is 0.102. The van der Waals surface area contributed by atoms with Gasteiger partial charge in [-0.3, -0.25) is 4.79 Å². The molecule has 0 spiro atoms. The Hall–Kier alpha value is -3.06. The van der Waals surface area contributed by atoms with Crippen molar-refractivity contribution in [2.24, 2.45) is 0 Å². The van der Waals surface area contributed by atoms with E-state index in [0.29, 0.717) is 11.2 Å². The molecule has 0 atom stereocenters. The number of nitrogens with one attached hydrogen (secondary N) is 1. The third-order valence-corrected chi connectivity index (χ3v) is 6.38. The van der Waals surface area contributed by atoms with Gasteiger partial charge in [0.25, 0.3) is 5.91 Å². The van der Waals surface area contributed by atoms with Crippen LogP contribution in [0, 0.1) is 13.8 Å². The molecule has 0 aliphatic rings. The van der Waals surface area contributed by atoms with Crippen molar-refractivity contribution in [3.05, 3.63) is 65.4 Å². The standard InChI is InChI=1S/C23H25N3O3S/c1-14(2)25-19-9-7-6-8-17(19)22-20(25)13-21(26(22)30(5,28)29)23(27)24-18-12-15(3)10-11-16(18)4/h6-14H,1-5H3,(H,24,27).